The average molecular weight is 346 g/mol. The van der Waals surface area contributed by atoms with E-state index in [0.717, 1.165) is 30.6 Å². The van der Waals surface area contributed by atoms with Gasteiger partial charge in [-0.2, -0.15) is 0 Å². The van der Waals surface area contributed by atoms with E-state index in [1.807, 2.05) is 0 Å². The fraction of sp³-hybridized carbons (Fsp3) is 0.864. The minimum atomic E-state index is -1.09. The van der Waals surface area contributed by atoms with Crippen molar-refractivity contribution < 1.29 is 9.90 Å². The molecule has 7 atom stereocenters. The second kappa shape index (κ2) is 5.92. The van der Waals surface area contributed by atoms with Gasteiger partial charge in [-0.3, -0.25) is 4.79 Å². The van der Waals surface area contributed by atoms with E-state index in [-0.39, 0.29) is 11.2 Å². The Kier molecular flexibility index (Phi) is 4.20. The molecule has 0 radical (unpaired) electrons. The molecule has 0 bridgehead atoms. The molecule has 3 nitrogen and oxygen atoms in total. The summed E-state index contributed by atoms with van der Waals surface area (Å²) in [6.07, 6.45) is 9.35. The standard InChI is InChI=1S/C22H35NO2/c1-4-13-5-7-15-14-6-8-17-19(20(23)25)18(24)10-12-22(17,3)16(14)9-11-21(13,15)2/h13-16,20,25H,4-12,23H2,1-3H3/t13-,14-,15-,16-,20?,21+,22+/m0/s1. The van der Waals surface area contributed by atoms with Crippen molar-refractivity contribution in [2.45, 2.75) is 84.8 Å². The van der Waals surface area contributed by atoms with E-state index in [9.17, 15) is 9.90 Å². The normalized spacial score (nSPS) is 48.0. The number of ketones is 1. The Morgan fingerprint density at radius 3 is 2.56 bits per heavy atom. The van der Waals surface area contributed by atoms with Gasteiger partial charge in [0.2, 0.25) is 0 Å². The Labute approximate surface area is 152 Å². The zero-order valence-corrected chi connectivity index (χ0v) is 16.2. The number of aliphatic hydroxyl groups excluding tert-OH is 1. The monoisotopic (exact) mass is 345 g/mol. The largest absolute Gasteiger partial charge is 0.374 e. The fourth-order valence-corrected chi connectivity index (χ4v) is 7.88. The quantitative estimate of drug-likeness (QED) is 0.738. The molecule has 3 N–H and O–H groups in total. The zero-order valence-electron chi connectivity index (χ0n) is 16.2. The van der Waals surface area contributed by atoms with E-state index in [0.29, 0.717) is 23.3 Å². The Hall–Kier alpha value is -0.670. The number of rotatable bonds is 2. The van der Waals surface area contributed by atoms with Crippen molar-refractivity contribution in [3.63, 3.8) is 0 Å². The Bertz CT molecular complexity index is 609. The summed E-state index contributed by atoms with van der Waals surface area (Å²) in [6, 6.07) is 0. The van der Waals surface area contributed by atoms with Crippen LogP contribution in [0.1, 0.15) is 78.6 Å². The van der Waals surface area contributed by atoms with E-state index in [4.69, 9.17) is 5.73 Å². The van der Waals surface area contributed by atoms with Crippen LogP contribution in [0.5, 0.6) is 0 Å². The number of carbonyl (C=O) groups excluding carboxylic acids is 1. The van der Waals surface area contributed by atoms with Gasteiger partial charge in [-0.25, -0.2) is 0 Å². The lowest BCUT2D eigenvalue weighted by Crippen LogP contribution is -2.51. The molecule has 25 heavy (non-hydrogen) atoms. The van der Waals surface area contributed by atoms with Crippen LogP contribution in [0.15, 0.2) is 11.1 Å². The second-order valence-corrected chi connectivity index (χ2v) is 9.82. The first-order valence-electron chi connectivity index (χ1n) is 10.5. The topological polar surface area (TPSA) is 63.3 Å². The summed E-state index contributed by atoms with van der Waals surface area (Å²) in [5.74, 6) is 3.32. The summed E-state index contributed by atoms with van der Waals surface area (Å²) in [5, 5.41) is 10.1. The summed E-state index contributed by atoms with van der Waals surface area (Å²) >= 11 is 0. The summed E-state index contributed by atoms with van der Waals surface area (Å²) in [6.45, 7) is 7.32. The molecule has 0 amide bonds. The van der Waals surface area contributed by atoms with Crippen molar-refractivity contribution in [2.24, 2.45) is 40.2 Å². The van der Waals surface area contributed by atoms with Crippen molar-refractivity contribution in [1.82, 2.24) is 0 Å². The number of hydrogen-bond donors (Lipinski definition) is 2. The SMILES string of the molecule is CC[C@H]1CC[C@H]2[C@@H]3CCC4=C(C(N)O)C(=O)CC[C@]4(C)[C@H]3CC[C@]12C. The van der Waals surface area contributed by atoms with Crippen LogP contribution in [0.4, 0.5) is 0 Å². The van der Waals surface area contributed by atoms with Gasteiger partial charge < -0.3 is 10.8 Å². The van der Waals surface area contributed by atoms with Crippen LogP contribution in [-0.2, 0) is 4.79 Å². The molecule has 4 aliphatic rings. The van der Waals surface area contributed by atoms with Crippen LogP contribution < -0.4 is 5.73 Å². The molecule has 140 valence electrons. The number of aliphatic hydroxyl groups is 1. The first-order valence-corrected chi connectivity index (χ1v) is 10.5. The minimum Gasteiger partial charge on any atom is -0.374 e. The lowest BCUT2D eigenvalue weighted by molar-refractivity contribution is -0.120. The van der Waals surface area contributed by atoms with Gasteiger partial charge in [0.15, 0.2) is 5.78 Å². The molecular weight excluding hydrogens is 310 g/mol. The molecule has 0 spiro atoms. The summed E-state index contributed by atoms with van der Waals surface area (Å²) in [7, 11) is 0. The predicted molar refractivity (Wildman–Crippen MR) is 99.6 cm³/mol. The Balaban J connectivity index is 1.71. The molecule has 3 fully saturated rings. The lowest BCUT2D eigenvalue weighted by atomic mass is 9.46. The van der Waals surface area contributed by atoms with Crippen LogP contribution in [0.2, 0.25) is 0 Å². The molecule has 0 aromatic carbocycles. The summed E-state index contributed by atoms with van der Waals surface area (Å²) in [5.41, 5.74) is 8.21. The van der Waals surface area contributed by atoms with E-state index in [1.165, 1.54) is 44.1 Å². The highest BCUT2D eigenvalue weighted by Crippen LogP contribution is 2.67. The van der Waals surface area contributed by atoms with Crippen LogP contribution in [0.25, 0.3) is 0 Å². The maximum Gasteiger partial charge on any atom is 0.162 e. The maximum atomic E-state index is 12.4. The van der Waals surface area contributed by atoms with Gasteiger partial charge in [0.25, 0.3) is 0 Å². The van der Waals surface area contributed by atoms with Crippen LogP contribution in [0.3, 0.4) is 0 Å². The van der Waals surface area contributed by atoms with Crippen LogP contribution in [0, 0.1) is 34.5 Å². The third kappa shape index (κ3) is 2.34. The van der Waals surface area contributed by atoms with Gasteiger partial charge in [-0.15, -0.1) is 0 Å². The van der Waals surface area contributed by atoms with Crippen LogP contribution in [-0.4, -0.2) is 17.1 Å². The molecule has 0 heterocycles. The van der Waals surface area contributed by atoms with Gasteiger partial charge in [0.05, 0.1) is 0 Å². The third-order valence-corrected chi connectivity index (χ3v) is 9.15. The molecule has 4 rings (SSSR count). The average Bonchev–Trinajstić information content (AvgIpc) is 2.91. The fourth-order valence-electron chi connectivity index (χ4n) is 7.88. The molecule has 0 saturated heterocycles. The second-order valence-electron chi connectivity index (χ2n) is 9.82. The molecule has 0 aromatic heterocycles. The van der Waals surface area contributed by atoms with Crippen LogP contribution >= 0.6 is 0 Å². The smallest absolute Gasteiger partial charge is 0.162 e. The van der Waals surface area contributed by atoms with Crippen molar-refractivity contribution in [3.8, 4) is 0 Å². The highest BCUT2D eigenvalue weighted by molar-refractivity contribution is 5.98. The maximum absolute atomic E-state index is 12.4. The van der Waals surface area contributed by atoms with Crippen molar-refractivity contribution in [1.29, 1.82) is 0 Å². The first-order chi connectivity index (χ1) is 11.8. The van der Waals surface area contributed by atoms with Gasteiger partial charge in [-0.1, -0.05) is 32.8 Å². The molecule has 1 unspecified atom stereocenters. The van der Waals surface area contributed by atoms with Gasteiger partial charge >= 0.3 is 0 Å². The van der Waals surface area contributed by atoms with Gasteiger partial charge in [-0.05, 0) is 79.4 Å². The van der Waals surface area contributed by atoms with Crippen molar-refractivity contribution >= 4 is 5.78 Å². The highest BCUT2D eigenvalue weighted by Gasteiger charge is 2.59. The number of hydrogen-bond acceptors (Lipinski definition) is 3. The number of nitrogens with two attached hydrogens (primary N) is 1. The molecule has 3 saturated carbocycles. The molecular formula is C22H35NO2. The minimum absolute atomic E-state index is 0.0815. The highest BCUT2D eigenvalue weighted by atomic mass is 16.3. The third-order valence-electron chi connectivity index (χ3n) is 9.15. The van der Waals surface area contributed by atoms with Crippen molar-refractivity contribution in [3.05, 3.63) is 11.1 Å². The zero-order chi connectivity index (χ0) is 18.0. The van der Waals surface area contributed by atoms with Crippen molar-refractivity contribution in [2.75, 3.05) is 0 Å². The first kappa shape index (κ1) is 17.7. The lowest BCUT2D eigenvalue weighted by Gasteiger charge is -2.58. The molecule has 0 aromatic rings. The number of allylic oxidation sites excluding steroid dienone is 1. The molecule has 0 aliphatic heterocycles. The number of fused-ring (bicyclic) bond motifs is 5. The Morgan fingerprint density at radius 2 is 1.88 bits per heavy atom. The van der Waals surface area contributed by atoms with E-state index in [1.54, 1.807) is 0 Å². The summed E-state index contributed by atoms with van der Waals surface area (Å²) < 4.78 is 0. The Morgan fingerprint density at radius 1 is 1.12 bits per heavy atom. The predicted octanol–water partition coefficient (Wildman–Crippen LogP) is 4.19. The van der Waals surface area contributed by atoms with Gasteiger partial charge in [0.1, 0.15) is 6.23 Å². The van der Waals surface area contributed by atoms with Gasteiger partial charge in [0, 0.05) is 12.0 Å². The number of carbonyl (C=O) groups is 1. The van der Waals surface area contributed by atoms with E-state index < -0.39 is 6.23 Å². The number of Topliss-reactive ketones (excluding diaryl/α,β-unsaturated/α-hetero) is 1. The van der Waals surface area contributed by atoms with E-state index >= 15 is 0 Å². The molecule has 4 aliphatic carbocycles. The molecule has 3 heteroatoms. The van der Waals surface area contributed by atoms with E-state index in [2.05, 4.69) is 20.8 Å². The summed E-state index contributed by atoms with van der Waals surface area (Å²) in [4.78, 5) is 12.4.